The van der Waals surface area contributed by atoms with Crippen LogP contribution in [-0.4, -0.2) is 25.1 Å². The van der Waals surface area contributed by atoms with Gasteiger partial charge < -0.3 is 5.32 Å². The minimum absolute atomic E-state index is 0.711. The number of nitrogens with one attached hydrogen (secondary N) is 2. The molecule has 3 aromatic rings. The van der Waals surface area contributed by atoms with Gasteiger partial charge in [-0.2, -0.15) is 5.10 Å². The van der Waals surface area contributed by atoms with E-state index in [1.165, 1.54) is 6.33 Å². The molecule has 3 aromatic heterocycles. The van der Waals surface area contributed by atoms with E-state index in [1.54, 1.807) is 12.4 Å². The van der Waals surface area contributed by atoms with E-state index in [0.717, 1.165) is 22.6 Å². The molecule has 84 valence electrons. The lowest BCUT2D eigenvalue weighted by atomic mass is 10.3. The van der Waals surface area contributed by atoms with Gasteiger partial charge in [0.15, 0.2) is 5.65 Å². The SMILES string of the molecule is Cc1ccc(Nc2ncnc3[nH]ncc23)cn1. The van der Waals surface area contributed by atoms with E-state index in [9.17, 15) is 0 Å². The lowest BCUT2D eigenvalue weighted by molar-refractivity contribution is 1.09. The van der Waals surface area contributed by atoms with Crippen LogP contribution < -0.4 is 5.32 Å². The summed E-state index contributed by atoms with van der Waals surface area (Å²) in [6, 6.07) is 3.90. The van der Waals surface area contributed by atoms with Gasteiger partial charge in [0.2, 0.25) is 0 Å². The largest absolute Gasteiger partial charge is 0.338 e. The Morgan fingerprint density at radius 3 is 2.88 bits per heavy atom. The van der Waals surface area contributed by atoms with Crippen LogP contribution in [0.4, 0.5) is 11.5 Å². The van der Waals surface area contributed by atoms with Crippen LogP contribution in [0.2, 0.25) is 0 Å². The second-order valence-corrected chi connectivity index (χ2v) is 3.67. The fourth-order valence-corrected chi connectivity index (χ4v) is 1.54. The van der Waals surface area contributed by atoms with Crippen molar-refractivity contribution < 1.29 is 0 Å². The Bertz CT molecular complexity index is 642. The van der Waals surface area contributed by atoms with Crippen molar-refractivity contribution >= 4 is 22.5 Å². The molecule has 0 aromatic carbocycles. The lowest BCUT2D eigenvalue weighted by Gasteiger charge is -2.05. The number of aromatic amines is 1. The van der Waals surface area contributed by atoms with Crippen molar-refractivity contribution in [2.75, 3.05) is 5.32 Å². The molecule has 0 fully saturated rings. The molecule has 6 heteroatoms. The maximum absolute atomic E-state index is 4.21. The summed E-state index contributed by atoms with van der Waals surface area (Å²) in [5.74, 6) is 0.717. The molecule has 0 spiro atoms. The van der Waals surface area contributed by atoms with Crippen LogP contribution in [0.25, 0.3) is 11.0 Å². The highest BCUT2D eigenvalue weighted by Crippen LogP contribution is 2.20. The normalized spacial score (nSPS) is 10.6. The van der Waals surface area contributed by atoms with Crippen molar-refractivity contribution in [3.05, 3.63) is 36.5 Å². The molecule has 0 amide bonds. The second kappa shape index (κ2) is 3.82. The Labute approximate surface area is 97.1 Å². The monoisotopic (exact) mass is 226 g/mol. The third-order valence-electron chi connectivity index (χ3n) is 2.42. The summed E-state index contributed by atoms with van der Waals surface area (Å²) in [6.45, 7) is 1.95. The Morgan fingerprint density at radius 2 is 2.06 bits per heavy atom. The quantitative estimate of drug-likeness (QED) is 0.696. The number of rotatable bonds is 2. The van der Waals surface area contributed by atoms with Crippen LogP contribution in [0.3, 0.4) is 0 Å². The highest BCUT2D eigenvalue weighted by atomic mass is 15.2. The molecule has 2 N–H and O–H groups in total. The lowest BCUT2D eigenvalue weighted by Crippen LogP contribution is -1.95. The number of fused-ring (bicyclic) bond motifs is 1. The number of aromatic nitrogens is 5. The van der Waals surface area contributed by atoms with Crippen LogP contribution in [0.1, 0.15) is 5.69 Å². The van der Waals surface area contributed by atoms with E-state index >= 15 is 0 Å². The average Bonchev–Trinajstić information content (AvgIpc) is 2.81. The van der Waals surface area contributed by atoms with E-state index in [0.29, 0.717) is 5.65 Å². The highest BCUT2D eigenvalue weighted by molar-refractivity contribution is 5.87. The topological polar surface area (TPSA) is 79.4 Å². The molecule has 0 atom stereocenters. The summed E-state index contributed by atoms with van der Waals surface area (Å²) >= 11 is 0. The third-order valence-corrected chi connectivity index (χ3v) is 2.42. The molecule has 3 heterocycles. The standard InChI is InChI=1S/C11H10N6/c1-7-2-3-8(4-12-7)16-10-9-5-15-17-11(9)14-6-13-10/h2-6H,1H3,(H2,13,14,15,16,17). The molecule has 0 aliphatic heterocycles. The molecular weight excluding hydrogens is 216 g/mol. The van der Waals surface area contributed by atoms with Crippen molar-refractivity contribution in [2.45, 2.75) is 6.92 Å². The van der Waals surface area contributed by atoms with Crippen LogP contribution in [-0.2, 0) is 0 Å². The summed E-state index contributed by atoms with van der Waals surface area (Å²) in [4.78, 5) is 12.5. The van der Waals surface area contributed by atoms with Crippen LogP contribution >= 0.6 is 0 Å². The number of H-pyrrole nitrogens is 1. The third kappa shape index (κ3) is 1.80. The number of hydrogen-bond acceptors (Lipinski definition) is 5. The molecule has 0 aliphatic rings. The number of pyridine rings is 1. The minimum atomic E-state index is 0.711. The van der Waals surface area contributed by atoms with E-state index in [1.807, 2.05) is 19.1 Å². The zero-order valence-electron chi connectivity index (χ0n) is 9.18. The van der Waals surface area contributed by atoms with Gasteiger partial charge in [-0.3, -0.25) is 10.1 Å². The molecule has 6 nitrogen and oxygen atoms in total. The van der Waals surface area contributed by atoms with Crippen molar-refractivity contribution in [2.24, 2.45) is 0 Å². The first-order valence-electron chi connectivity index (χ1n) is 5.17. The predicted molar refractivity (Wildman–Crippen MR) is 63.9 cm³/mol. The predicted octanol–water partition coefficient (Wildman–Crippen LogP) is 1.80. The molecular formula is C11H10N6. The van der Waals surface area contributed by atoms with Crippen molar-refractivity contribution in [1.29, 1.82) is 0 Å². The molecule has 0 saturated heterocycles. The first-order chi connectivity index (χ1) is 8.33. The van der Waals surface area contributed by atoms with Gasteiger partial charge in [-0.25, -0.2) is 9.97 Å². The molecule has 0 saturated carbocycles. The maximum Gasteiger partial charge on any atom is 0.160 e. The van der Waals surface area contributed by atoms with Gasteiger partial charge in [0.1, 0.15) is 12.1 Å². The summed E-state index contributed by atoms with van der Waals surface area (Å²) in [5.41, 5.74) is 2.58. The van der Waals surface area contributed by atoms with Gasteiger partial charge in [-0.15, -0.1) is 0 Å². The Kier molecular flexibility index (Phi) is 2.18. The van der Waals surface area contributed by atoms with E-state index in [4.69, 9.17) is 0 Å². The van der Waals surface area contributed by atoms with Crippen molar-refractivity contribution in [1.82, 2.24) is 25.1 Å². The maximum atomic E-state index is 4.21. The van der Waals surface area contributed by atoms with Gasteiger partial charge in [0, 0.05) is 5.69 Å². The Balaban J connectivity index is 1.99. The molecule has 0 radical (unpaired) electrons. The van der Waals surface area contributed by atoms with Crippen LogP contribution in [0.5, 0.6) is 0 Å². The van der Waals surface area contributed by atoms with E-state index in [2.05, 4.69) is 30.5 Å². The minimum Gasteiger partial charge on any atom is -0.338 e. The second-order valence-electron chi connectivity index (χ2n) is 3.67. The summed E-state index contributed by atoms with van der Waals surface area (Å²) < 4.78 is 0. The number of nitrogens with zero attached hydrogens (tertiary/aromatic N) is 4. The van der Waals surface area contributed by atoms with Crippen molar-refractivity contribution in [3.8, 4) is 0 Å². The zero-order valence-corrected chi connectivity index (χ0v) is 9.18. The smallest absolute Gasteiger partial charge is 0.160 e. The summed E-state index contributed by atoms with van der Waals surface area (Å²) in [6.07, 6.45) is 4.95. The fourth-order valence-electron chi connectivity index (χ4n) is 1.54. The van der Waals surface area contributed by atoms with Crippen LogP contribution in [0, 0.1) is 6.92 Å². The summed E-state index contributed by atoms with van der Waals surface area (Å²) in [5, 5.41) is 10.8. The molecule has 0 bridgehead atoms. The number of aryl methyl sites for hydroxylation is 1. The van der Waals surface area contributed by atoms with E-state index < -0.39 is 0 Å². The van der Waals surface area contributed by atoms with Gasteiger partial charge in [-0.05, 0) is 19.1 Å². The molecule has 0 unspecified atom stereocenters. The Hall–Kier alpha value is -2.50. The molecule has 0 aliphatic carbocycles. The first kappa shape index (κ1) is 9.71. The van der Waals surface area contributed by atoms with Gasteiger partial charge in [0.25, 0.3) is 0 Å². The van der Waals surface area contributed by atoms with Gasteiger partial charge in [0.05, 0.1) is 23.5 Å². The first-order valence-corrected chi connectivity index (χ1v) is 5.17. The van der Waals surface area contributed by atoms with Gasteiger partial charge >= 0.3 is 0 Å². The van der Waals surface area contributed by atoms with Gasteiger partial charge in [-0.1, -0.05) is 0 Å². The molecule has 3 rings (SSSR count). The van der Waals surface area contributed by atoms with E-state index in [-0.39, 0.29) is 0 Å². The number of hydrogen-bond donors (Lipinski definition) is 2. The number of anilines is 2. The molecule has 17 heavy (non-hydrogen) atoms. The highest BCUT2D eigenvalue weighted by Gasteiger charge is 2.05. The summed E-state index contributed by atoms with van der Waals surface area (Å²) in [7, 11) is 0. The van der Waals surface area contributed by atoms with Crippen LogP contribution in [0.15, 0.2) is 30.9 Å². The Morgan fingerprint density at radius 1 is 1.12 bits per heavy atom. The van der Waals surface area contributed by atoms with Crippen molar-refractivity contribution in [3.63, 3.8) is 0 Å². The fraction of sp³-hybridized carbons (Fsp3) is 0.0909. The zero-order chi connectivity index (χ0) is 11.7. The average molecular weight is 226 g/mol.